The molecule has 1 N–H and O–H groups in total. The lowest BCUT2D eigenvalue weighted by Gasteiger charge is -2.26. The van der Waals surface area contributed by atoms with Crippen molar-refractivity contribution in [3.8, 4) is 0 Å². The summed E-state index contributed by atoms with van der Waals surface area (Å²) >= 11 is 0. The Balaban J connectivity index is 2.74. The molecule has 0 aromatic heterocycles. The topological polar surface area (TPSA) is 21.3 Å². The van der Waals surface area contributed by atoms with Crippen molar-refractivity contribution in [2.75, 3.05) is 13.7 Å². The van der Waals surface area contributed by atoms with Crippen LogP contribution in [0.25, 0.3) is 0 Å². The molecule has 0 aliphatic heterocycles. The molecular formula is C18H31NO. The third-order valence-electron chi connectivity index (χ3n) is 4.04. The second-order valence-corrected chi connectivity index (χ2v) is 6.43. The summed E-state index contributed by atoms with van der Waals surface area (Å²) in [5.74, 6) is 0.592. The van der Waals surface area contributed by atoms with Crippen LogP contribution in [-0.2, 0) is 4.74 Å². The molecule has 2 heteroatoms. The fourth-order valence-corrected chi connectivity index (χ4v) is 2.34. The normalized spacial score (nSPS) is 13.8. The summed E-state index contributed by atoms with van der Waals surface area (Å²) in [5, 5.41) is 3.59. The molecule has 1 unspecified atom stereocenters. The Morgan fingerprint density at radius 2 is 1.65 bits per heavy atom. The lowest BCUT2D eigenvalue weighted by molar-refractivity contribution is 0.0117. The molecule has 1 aromatic carbocycles. The number of ether oxygens (including phenoxy) is 1. The van der Waals surface area contributed by atoms with E-state index in [0.29, 0.717) is 12.0 Å². The van der Waals surface area contributed by atoms with Gasteiger partial charge in [-0.1, -0.05) is 45.0 Å². The molecular weight excluding hydrogens is 246 g/mol. The quantitative estimate of drug-likeness (QED) is 0.746. The van der Waals surface area contributed by atoms with Crippen molar-refractivity contribution in [2.24, 2.45) is 0 Å². The first-order chi connectivity index (χ1) is 9.39. The van der Waals surface area contributed by atoms with Gasteiger partial charge in [0.1, 0.15) is 0 Å². The highest BCUT2D eigenvalue weighted by Crippen LogP contribution is 2.25. The van der Waals surface area contributed by atoms with Crippen LogP contribution in [0.15, 0.2) is 24.3 Å². The molecule has 0 fully saturated rings. The monoisotopic (exact) mass is 277 g/mol. The maximum atomic E-state index is 5.52. The highest BCUT2D eigenvalue weighted by molar-refractivity contribution is 5.26. The molecule has 0 saturated heterocycles. The first-order valence-electron chi connectivity index (χ1n) is 7.78. The van der Waals surface area contributed by atoms with Crippen molar-refractivity contribution in [1.29, 1.82) is 0 Å². The fraction of sp³-hybridized carbons (Fsp3) is 0.667. The second-order valence-electron chi connectivity index (χ2n) is 6.43. The summed E-state index contributed by atoms with van der Waals surface area (Å²) in [4.78, 5) is 0. The smallest absolute Gasteiger partial charge is 0.0623 e. The van der Waals surface area contributed by atoms with Crippen LogP contribution >= 0.6 is 0 Å². The summed E-state index contributed by atoms with van der Waals surface area (Å²) in [5.41, 5.74) is 2.73. The predicted molar refractivity (Wildman–Crippen MR) is 87.3 cm³/mol. The molecule has 2 nitrogen and oxygen atoms in total. The summed E-state index contributed by atoms with van der Waals surface area (Å²) in [6, 6.07) is 9.46. The van der Waals surface area contributed by atoms with E-state index in [1.807, 2.05) is 0 Å². The van der Waals surface area contributed by atoms with E-state index in [0.717, 1.165) is 19.4 Å². The van der Waals surface area contributed by atoms with Crippen LogP contribution in [0.3, 0.4) is 0 Å². The third kappa shape index (κ3) is 5.26. The van der Waals surface area contributed by atoms with Gasteiger partial charge in [0.05, 0.1) is 5.60 Å². The highest BCUT2D eigenvalue weighted by Gasteiger charge is 2.19. The van der Waals surface area contributed by atoms with Crippen LogP contribution < -0.4 is 5.32 Å². The van der Waals surface area contributed by atoms with E-state index in [1.165, 1.54) is 11.1 Å². The Kier molecular flexibility index (Phi) is 6.70. The van der Waals surface area contributed by atoms with Crippen LogP contribution in [0.4, 0.5) is 0 Å². The van der Waals surface area contributed by atoms with Crippen LogP contribution in [0, 0.1) is 0 Å². The minimum atomic E-state index is -0.0501. The van der Waals surface area contributed by atoms with Gasteiger partial charge in [-0.2, -0.15) is 0 Å². The average molecular weight is 277 g/mol. The summed E-state index contributed by atoms with van der Waals surface area (Å²) in [6.45, 7) is 11.9. The average Bonchev–Trinajstić information content (AvgIpc) is 2.43. The molecule has 114 valence electrons. The summed E-state index contributed by atoms with van der Waals surface area (Å²) < 4.78 is 5.52. The first-order valence-corrected chi connectivity index (χ1v) is 7.78. The summed E-state index contributed by atoms with van der Waals surface area (Å²) in [7, 11) is 1.79. The molecule has 0 saturated carbocycles. The van der Waals surface area contributed by atoms with Gasteiger partial charge in [0.15, 0.2) is 0 Å². The number of benzene rings is 1. The Hall–Kier alpha value is -0.860. The van der Waals surface area contributed by atoms with Gasteiger partial charge in [0.2, 0.25) is 0 Å². The van der Waals surface area contributed by atoms with Gasteiger partial charge in [-0.15, -0.1) is 0 Å². The molecule has 1 atom stereocenters. The molecule has 0 aliphatic carbocycles. The van der Waals surface area contributed by atoms with Crippen LogP contribution in [0.1, 0.15) is 70.5 Å². The van der Waals surface area contributed by atoms with Crippen molar-refractivity contribution >= 4 is 0 Å². The van der Waals surface area contributed by atoms with Gasteiger partial charge in [-0.3, -0.25) is 0 Å². The van der Waals surface area contributed by atoms with Gasteiger partial charge < -0.3 is 10.1 Å². The molecule has 1 aromatic rings. The van der Waals surface area contributed by atoms with E-state index in [-0.39, 0.29) is 5.60 Å². The lowest BCUT2D eigenvalue weighted by atomic mass is 9.93. The lowest BCUT2D eigenvalue weighted by Crippen LogP contribution is -2.27. The molecule has 0 bridgehead atoms. The van der Waals surface area contributed by atoms with Crippen LogP contribution in [-0.4, -0.2) is 19.3 Å². The van der Waals surface area contributed by atoms with Gasteiger partial charge >= 0.3 is 0 Å². The van der Waals surface area contributed by atoms with E-state index in [4.69, 9.17) is 4.74 Å². The van der Waals surface area contributed by atoms with Crippen molar-refractivity contribution in [1.82, 2.24) is 5.32 Å². The van der Waals surface area contributed by atoms with Crippen molar-refractivity contribution in [2.45, 2.75) is 65.0 Å². The maximum Gasteiger partial charge on any atom is 0.0623 e. The fourth-order valence-electron chi connectivity index (χ4n) is 2.34. The van der Waals surface area contributed by atoms with Crippen LogP contribution in [0.2, 0.25) is 0 Å². The Bertz CT molecular complexity index is 381. The standard InChI is InChI=1S/C18H31NO/c1-7-19-17(12-13-18(4,5)20-6)16-10-8-15(9-11-16)14(2)3/h8-11,14,17,19H,7,12-13H2,1-6H3. The van der Waals surface area contributed by atoms with E-state index >= 15 is 0 Å². The SMILES string of the molecule is CCNC(CCC(C)(C)OC)c1ccc(C(C)C)cc1. The molecule has 0 spiro atoms. The largest absolute Gasteiger partial charge is 0.379 e. The van der Waals surface area contributed by atoms with Gasteiger partial charge in [0.25, 0.3) is 0 Å². The Labute approximate surface area is 124 Å². The number of methoxy groups -OCH3 is 1. The number of nitrogens with one attached hydrogen (secondary N) is 1. The third-order valence-corrected chi connectivity index (χ3v) is 4.04. The molecule has 1 rings (SSSR count). The molecule has 0 amide bonds. The number of rotatable bonds is 8. The van der Waals surface area contributed by atoms with Crippen molar-refractivity contribution in [3.05, 3.63) is 35.4 Å². The minimum Gasteiger partial charge on any atom is -0.379 e. The van der Waals surface area contributed by atoms with E-state index in [2.05, 4.69) is 64.2 Å². The predicted octanol–water partition coefficient (Wildman–Crippen LogP) is 4.67. The van der Waals surface area contributed by atoms with E-state index in [1.54, 1.807) is 7.11 Å². The van der Waals surface area contributed by atoms with Crippen molar-refractivity contribution < 1.29 is 4.74 Å². The minimum absolute atomic E-state index is 0.0501. The molecule has 0 aliphatic rings. The van der Waals surface area contributed by atoms with Gasteiger partial charge in [-0.25, -0.2) is 0 Å². The molecule has 20 heavy (non-hydrogen) atoms. The van der Waals surface area contributed by atoms with Crippen LogP contribution in [0.5, 0.6) is 0 Å². The Morgan fingerprint density at radius 1 is 1.10 bits per heavy atom. The van der Waals surface area contributed by atoms with E-state index < -0.39 is 0 Å². The maximum absolute atomic E-state index is 5.52. The number of hydrogen-bond acceptors (Lipinski definition) is 2. The second kappa shape index (κ2) is 7.80. The Morgan fingerprint density at radius 3 is 2.10 bits per heavy atom. The van der Waals surface area contributed by atoms with Crippen molar-refractivity contribution in [3.63, 3.8) is 0 Å². The van der Waals surface area contributed by atoms with E-state index in [9.17, 15) is 0 Å². The zero-order chi connectivity index (χ0) is 15.2. The summed E-state index contributed by atoms with van der Waals surface area (Å²) in [6.07, 6.45) is 2.14. The molecule has 0 heterocycles. The first kappa shape index (κ1) is 17.2. The molecule has 0 radical (unpaired) electrons. The van der Waals surface area contributed by atoms with Gasteiger partial charge in [-0.05, 0) is 50.3 Å². The number of hydrogen-bond donors (Lipinski definition) is 1. The highest BCUT2D eigenvalue weighted by atomic mass is 16.5. The zero-order valence-corrected chi connectivity index (χ0v) is 14.0. The van der Waals surface area contributed by atoms with Gasteiger partial charge in [0, 0.05) is 13.2 Å². The zero-order valence-electron chi connectivity index (χ0n) is 14.0.